The van der Waals surface area contributed by atoms with Gasteiger partial charge in [-0.2, -0.15) is 0 Å². The Balaban J connectivity index is 1.10. The molecule has 0 atom stereocenters. The van der Waals surface area contributed by atoms with E-state index in [1.54, 1.807) is 0 Å². The zero-order valence-corrected chi connectivity index (χ0v) is 18.0. The molecular weight excluding hydrogens is 476 g/mol. The summed E-state index contributed by atoms with van der Waals surface area (Å²) >= 11 is 0. The van der Waals surface area contributed by atoms with Gasteiger partial charge in [-0.1, -0.05) is 0 Å². The van der Waals surface area contributed by atoms with Gasteiger partial charge in [-0.15, -0.1) is 36.5 Å². The second kappa shape index (κ2) is 7.53. The molecule has 5 fully saturated rings. The summed E-state index contributed by atoms with van der Waals surface area (Å²) in [7, 11) is 0. The summed E-state index contributed by atoms with van der Waals surface area (Å²) < 4.78 is 95.2. The molecule has 2 bridgehead atoms. The summed E-state index contributed by atoms with van der Waals surface area (Å²) in [4.78, 5) is 12.2. The van der Waals surface area contributed by atoms with Crippen LogP contribution in [-0.4, -0.2) is 53.2 Å². The van der Waals surface area contributed by atoms with Gasteiger partial charge < -0.3 is 14.5 Å². The minimum absolute atomic E-state index is 0.135. The lowest BCUT2D eigenvalue weighted by Crippen LogP contribution is -2.77. The lowest BCUT2D eigenvalue weighted by molar-refractivity contribution is -0.387. The van der Waals surface area contributed by atoms with E-state index in [2.05, 4.69) is 25.0 Å². The van der Waals surface area contributed by atoms with Crippen molar-refractivity contribution in [2.24, 2.45) is 0 Å². The maximum absolute atomic E-state index is 12.8. The van der Waals surface area contributed by atoms with Gasteiger partial charge in [0.05, 0.1) is 12.0 Å². The normalized spacial score (nSPS) is 31.0. The van der Waals surface area contributed by atoms with E-state index in [1.807, 2.05) is 0 Å². The van der Waals surface area contributed by atoms with E-state index in [1.165, 1.54) is 0 Å². The minimum atomic E-state index is -4.82. The summed E-state index contributed by atoms with van der Waals surface area (Å²) in [5.41, 5.74) is -4.08. The van der Waals surface area contributed by atoms with Crippen LogP contribution in [0.15, 0.2) is 4.42 Å². The number of aromatic nitrogens is 2. The first-order chi connectivity index (χ1) is 15.8. The Morgan fingerprint density at radius 1 is 0.912 bits per heavy atom. The van der Waals surface area contributed by atoms with Gasteiger partial charge >= 0.3 is 12.7 Å². The second-order valence-electron chi connectivity index (χ2n) is 10.0. The van der Waals surface area contributed by atoms with Crippen LogP contribution in [0.5, 0.6) is 0 Å². The van der Waals surface area contributed by atoms with E-state index in [9.17, 15) is 31.1 Å². The molecule has 0 aromatic carbocycles. The number of hydrogen-bond acceptors (Lipinski definition) is 7. The van der Waals surface area contributed by atoms with Crippen molar-refractivity contribution in [2.75, 3.05) is 13.2 Å². The smallest absolute Gasteiger partial charge is 0.421 e. The number of nitrogens with zero attached hydrogens (tertiary/aromatic N) is 2. The lowest BCUT2D eigenvalue weighted by Gasteiger charge is -2.68. The van der Waals surface area contributed by atoms with Crippen molar-refractivity contribution in [3.8, 4) is 0 Å². The molecule has 190 valence electrons. The van der Waals surface area contributed by atoms with Crippen LogP contribution in [0.4, 0.5) is 26.3 Å². The van der Waals surface area contributed by atoms with E-state index in [0.717, 1.165) is 0 Å². The van der Waals surface area contributed by atoms with E-state index >= 15 is 0 Å². The lowest BCUT2D eigenvalue weighted by atomic mass is 9.39. The molecule has 0 spiro atoms. The fourth-order valence-corrected chi connectivity index (χ4v) is 5.60. The van der Waals surface area contributed by atoms with Gasteiger partial charge in [0.1, 0.15) is 12.2 Å². The Labute approximate surface area is 189 Å². The van der Waals surface area contributed by atoms with E-state index in [4.69, 9.17) is 9.15 Å². The highest BCUT2D eigenvalue weighted by atomic mass is 19.4. The predicted molar refractivity (Wildman–Crippen MR) is 97.9 cm³/mol. The molecule has 0 saturated heterocycles. The van der Waals surface area contributed by atoms with Crippen molar-refractivity contribution in [3.05, 3.63) is 11.8 Å². The van der Waals surface area contributed by atoms with Gasteiger partial charge in [0.25, 0.3) is 0 Å². The third kappa shape index (κ3) is 4.28. The minimum Gasteiger partial charge on any atom is -0.421 e. The van der Waals surface area contributed by atoms with Crippen molar-refractivity contribution in [1.82, 2.24) is 15.5 Å². The molecular formula is C20H23F6N3O5. The number of hydrogen-bond donors (Lipinski definition) is 1. The van der Waals surface area contributed by atoms with Gasteiger partial charge in [0.15, 0.2) is 5.60 Å². The number of alkyl halides is 6. The third-order valence-corrected chi connectivity index (χ3v) is 7.37. The largest absolute Gasteiger partial charge is 0.523 e. The molecule has 0 radical (unpaired) electrons. The van der Waals surface area contributed by atoms with Crippen LogP contribution < -0.4 is 5.32 Å². The van der Waals surface area contributed by atoms with Gasteiger partial charge in [0, 0.05) is 5.54 Å². The van der Waals surface area contributed by atoms with E-state index in [-0.39, 0.29) is 44.1 Å². The first kappa shape index (κ1) is 23.8. The molecule has 14 heteroatoms. The zero-order valence-electron chi connectivity index (χ0n) is 18.0. The number of carbonyl (C=O) groups excluding carboxylic acids is 1. The van der Waals surface area contributed by atoms with Gasteiger partial charge in [-0.25, -0.2) is 0 Å². The maximum Gasteiger partial charge on any atom is 0.523 e. The molecule has 5 saturated carbocycles. The molecule has 5 aliphatic rings. The summed E-state index contributed by atoms with van der Waals surface area (Å²) in [5.74, 6) is -0.426. The van der Waals surface area contributed by atoms with Crippen LogP contribution in [-0.2, 0) is 30.0 Å². The summed E-state index contributed by atoms with van der Waals surface area (Å²) in [5, 5.41) is 10.6. The first-order valence-corrected chi connectivity index (χ1v) is 11.0. The first-order valence-electron chi connectivity index (χ1n) is 11.0. The van der Waals surface area contributed by atoms with Crippen LogP contribution in [0.1, 0.15) is 69.6 Å². The Bertz CT molecular complexity index is 933. The average Bonchev–Trinajstić information content (AvgIpc) is 3.06. The maximum atomic E-state index is 12.8. The van der Waals surface area contributed by atoms with Crippen molar-refractivity contribution < 1.29 is 49.8 Å². The molecule has 34 heavy (non-hydrogen) atoms. The highest BCUT2D eigenvalue weighted by molar-refractivity contribution is 5.79. The monoisotopic (exact) mass is 499 g/mol. The quantitative estimate of drug-likeness (QED) is 0.517. The van der Waals surface area contributed by atoms with Crippen molar-refractivity contribution >= 4 is 5.91 Å². The Morgan fingerprint density at radius 3 is 2.00 bits per heavy atom. The van der Waals surface area contributed by atoms with Crippen LogP contribution in [0, 0.1) is 0 Å². The standard InChI is InChI=1S/C20H23F6N3O5/c21-19(22,23)33-17(3-1-4-17)11-31-7-12(30)27-16-8-15(9-16,10-16)13-28-29-14(32-13)18(5-2-6-18)34-20(24,25)26/h1-11H2,(H,27,30). The molecule has 1 N–H and O–H groups in total. The fourth-order valence-electron chi connectivity index (χ4n) is 5.60. The predicted octanol–water partition coefficient (Wildman–Crippen LogP) is 3.75. The molecule has 6 rings (SSSR count). The van der Waals surface area contributed by atoms with E-state index in [0.29, 0.717) is 32.1 Å². The Hall–Kier alpha value is -1.93. The number of halogens is 6. The zero-order chi connectivity index (χ0) is 24.5. The number of carbonyl (C=O) groups is 1. The highest BCUT2D eigenvalue weighted by Crippen LogP contribution is 2.67. The Kier molecular flexibility index (Phi) is 5.27. The number of rotatable bonds is 9. The molecule has 0 unspecified atom stereocenters. The number of amides is 1. The van der Waals surface area contributed by atoms with Crippen LogP contribution in [0.2, 0.25) is 0 Å². The second-order valence-corrected chi connectivity index (χ2v) is 10.0. The van der Waals surface area contributed by atoms with Crippen molar-refractivity contribution in [3.63, 3.8) is 0 Å². The topological polar surface area (TPSA) is 95.7 Å². The highest BCUT2D eigenvalue weighted by Gasteiger charge is 2.72. The van der Waals surface area contributed by atoms with Gasteiger partial charge in [-0.3, -0.25) is 14.3 Å². The molecule has 1 amide bonds. The third-order valence-electron chi connectivity index (χ3n) is 7.37. The summed E-state index contributed by atoms with van der Waals surface area (Å²) in [6.07, 6.45) is -6.32. The molecule has 5 aliphatic carbocycles. The van der Waals surface area contributed by atoms with Crippen LogP contribution in [0.25, 0.3) is 0 Å². The SMILES string of the molecule is O=C(COCC1(OC(F)(F)F)CCC1)NC12CC(c3nnc(C4(OC(F)(F)F)CCC4)o3)(C1)C2. The summed E-state index contributed by atoms with van der Waals surface area (Å²) in [6, 6.07) is 0. The van der Waals surface area contributed by atoms with E-state index < -0.39 is 47.4 Å². The number of nitrogens with one attached hydrogen (secondary N) is 1. The fraction of sp³-hybridized carbons (Fsp3) is 0.850. The molecule has 8 nitrogen and oxygen atoms in total. The van der Waals surface area contributed by atoms with Gasteiger partial charge in [0.2, 0.25) is 17.7 Å². The molecule has 1 heterocycles. The average molecular weight is 499 g/mol. The van der Waals surface area contributed by atoms with Crippen LogP contribution in [0.3, 0.4) is 0 Å². The molecule has 1 aromatic heterocycles. The van der Waals surface area contributed by atoms with Crippen molar-refractivity contribution in [2.45, 2.75) is 92.7 Å². The molecule has 0 aliphatic heterocycles. The molecule has 1 aromatic rings. The summed E-state index contributed by atoms with van der Waals surface area (Å²) in [6.45, 7) is -0.733. The van der Waals surface area contributed by atoms with Crippen molar-refractivity contribution in [1.29, 1.82) is 0 Å². The Morgan fingerprint density at radius 2 is 1.50 bits per heavy atom. The van der Waals surface area contributed by atoms with Crippen LogP contribution >= 0.6 is 0 Å². The van der Waals surface area contributed by atoms with Gasteiger partial charge in [-0.05, 0) is 57.8 Å². The number of ether oxygens (including phenoxy) is 3.